The van der Waals surface area contributed by atoms with Crippen LogP contribution in [0.5, 0.6) is 0 Å². The molecule has 0 radical (unpaired) electrons. The first-order chi connectivity index (χ1) is 20.0. The van der Waals surface area contributed by atoms with E-state index < -0.39 is 23.1 Å². The summed E-state index contributed by atoms with van der Waals surface area (Å²) in [6.07, 6.45) is 0.907. The fourth-order valence-electron chi connectivity index (χ4n) is 7.12. The van der Waals surface area contributed by atoms with Crippen molar-refractivity contribution >= 4 is 17.5 Å². The first kappa shape index (κ1) is 28.6. The minimum atomic E-state index is -4.58. The van der Waals surface area contributed by atoms with Crippen LogP contribution in [0.1, 0.15) is 84.9 Å². The van der Waals surface area contributed by atoms with Gasteiger partial charge in [0.15, 0.2) is 5.82 Å². The number of halogens is 3. The Balaban J connectivity index is 1.39. The number of carbonyl (C=O) groups excluding carboxylic acids is 1. The van der Waals surface area contributed by atoms with Gasteiger partial charge < -0.3 is 5.32 Å². The lowest BCUT2D eigenvalue weighted by Crippen LogP contribution is -2.42. The molecule has 1 amide bonds. The van der Waals surface area contributed by atoms with Crippen LogP contribution in [-0.4, -0.2) is 50.2 Å². The number of nitrogens with one attached hydrogen (secondary N) is 1. The van der Waals surface area contributed by atoms with Crippen LogP contribution in [0.2, 0.25) is 0 Å². The van der Waals surface area contributed by atoms with Gasteiger partial charge in [0.2, 0.25) is 0 Å². The zero-order valence-corrected chi connectivity index (χ0v) is 24.6. The zero-order valence-electron chi connectivity index (χ0n) is 24.6. The summed E-state index contributed by atoms with van der Waals surface area (Å²) in [5.74, 6) is 2.11. The minimum absolute atomic E-state index is 0.0128. The predicted molar refractivity (Wildman–Crippen MR) is 154 cm³/mol. The summed E-state index contributed by atoms with van der Waals surface area (Å²) in [5.41, 5.74) is 0.366. The largest absolute Gasteiger partial charge is 0.416 e. The summed E-state index contributed by atoms with van der Waals surface area (Å²) < 4.78 is 44.9. The highest BCUT2D eigenvalue weighted by Crippen LogP contribution is 2.52. The molecule has 42 heavy (non-hydrogen) atoms. The van der Waals surface area contributed by atoms with Crippen molar-refractivity contribution in [2.24, 2.45) is 18.9 Å². The molecule has 6 rings (SSSR count). The molecule has 11 heteroatoms. The number of alkyl halides is 3. The Morgan fingerprint density at radius 3 is 2.55 bits per heavy atom. The number of nitrogens with zero attached hydrogens (tertiary/aromatic N) is 6. The molecule has 1 atom stereocenters. The molecule has 0 bridgehead atoms. The van der Waals surface area contributed by atoms with Crippen LogP contribution in [0.4, 0.5) is 24.8 Å². The lowest BCUT2D eigenvalue weighted by molar-refractivity contribution is -0.138. The zero-order chi connectivity index (χ0) is 29.8. The normalized spacial score (nSPS) is 24.5. The van der Waals surface area contributed by atoms with E-state index in [-0.39, 0.29) is 17.7 Å². The molecule has 4 heterocycles. The number of fused-ring (bicyclic) bond motifs is 1. The van der Waals surface area contributed by atoms with E-state index in [0.29, 0.717) is 47.9 Å². The van der Waals surface area contributed by atoms with Crippen molar-refractivity contribution in [2.75, 3.05) is 29.9 Å². The molecule has 2 aliphatic heterocycles. The Labute approximate surface area is 244 Å². The van der Waals surface area contributed by atoms with Gasteiger partial charge in [-0.1, -0.05) is 13.8 Å². The highest BCUT2D eigenvalue weighted by Gasteiger charge is 2.49. The molecular formula is C31H38F3N7O. The van der Waals surface area contributed by atoms with Crippen molar-refractivity contribution in [1.82, 2.24) is 24.6 Å². The molecule has 3 aliphatic rings. The van der Waals surface area contributed by atoms with E-state index in [0.717, 1.165) is 44.3 Å². The molecule has 1 aliphatic carbocycles. The van der Waals surface area contributed by atoms with Crippen LogP contribution in [0.3, 0.4) is 0 Å². The number of benzene rings is 1. The number of likely N-dealkylation sites (tertiary alicyclic amines) is 1. The third-order valence-corrected chi connectivity index (χ3v) is 8.97. The monoisotopic (exact) mass is 581 g/mol. The first-order valence-corrected chi connectivity index (χ1v) is 14.9. The second kappa shape index (κ2) is 10.7. The summed E-state index contributed by atoms with van der Waals surface area (Å²) in [6, 6.07) is 6.70. The molecule has 0 unspecified atom stereocenters. The second-order valence-corrected chi connectivity index (χ2v) is 12.5. The third kappa shape index (κ3) is 5.16. The minimum Gasteiger partial charge on any atom is -0.370 e. The summed E-state index contributed by atoms with van der Waals surface area (Å²) in [6.45, 7) is 8.79. The molecule has 3 aromatic rings. The highest BCUT2D eigenvalue weighted by molar-refractivity contribution is 6.10. The summed E-state index contributed by atoms with van der Waals surface area (Å²) >= 11 is 0. The molecule has 0 spiro atoms. The number of carbonyl (C=O) groups is 1. The van der Waals surface area contributed by atoms with Crippen molar-refractivity contribution in [3.63, 3.8) is 0 Å². The van der Waals surface area contributed by atoms with Gasteiger partial charge in [0.1, 0.15) is 18.0 Å². The maximum absolute atomic E-state index is 14.4. The number of aryl methyl sites for hydroxylation is 1. The Kier molecular flexibility index (Phi) is 7.27. The Bertz CT molecular complexity index is 1490. The Morgan fingerprint density at radius 2 is 1.90 bits per heavy atom. The molecule has 8 nitrogen and oxygen atoms in total. The van der Waals surface area contributed by atoms with Crippen LogP contribution < -0.4 is 10.2 Å². The van der Waals surface area contributed by atoms with Crippen LogP contribution in [0.15, 0.2) is 30.6 Å². The fourth-order valence-corrected chi connectivity index (χ4v) is 7.12. The first-order valence-electron chi connectivity index (χ1n) is 14.9. The number of anilines is 2. The van der Waals surface area contributed by atoms with Gasteiger partial charge in [-0.05, 0) is 91.9 Å². The Hall–Kier alpha value is -3.47. The van der Waals surface area contributed by atoms with Gasteiger partial charge in [-0.25, -0.2) is 9.97 Å². The van der Waals surface area contributed by atoms with Gasteiger partial charge in [0.05, 0.1) is 17.5 Å². The number of hydrogen-bond acceptors (Lipinski definition) is 6. The van der Waals surface area contributed by atoms with Crippen molar-refractivity contribution in [2.45, 2.75) is 71.1 Å². The van der Waals surface area contributed by atoms with Crippen molar-refractivity contribution in [1.29, 1.82) is 0 Å². The molecular weight excluding hydrogens is 543 g/mol. The quantitative estimate of drug-likeness (QED) is 0.382. The van der Waals surface area contributed by atoms with Crippen LogP contribution in [-0.2, 0) is 31.7 Å². The molecule has 2 fully saturated rings. The molecule has 1 saturated carbocycles. The van der Waals surface area contributed by atoms with E-state index in [1.165, 1.54) is 11.0 Å². The number of pyridine rings is 1. The molecule has 224 valence electrons. The number of aromatic nitrogens is 4. The molecule has 1 saturated heterocycles. The number of amides is 1. The third-order valence-electron chi connectivity index (χ3n) is 8.97. The SMILES string of the molecule is CCNc1cc(C2(c3ncn(C)n3)CC(C)C2)cc(N2Cc3c(cc(CN4CCC[C@H](C)C4)cc3C(F)(F)F)C2=O)n1. The highest BCUT2D eigenvalue weighted by atomic mass is 19.4. The van der Waals surface area contributed by atoms with E-state index in [9.17, 15) is 18.0 Å². The van der Waals surface area contributed by atoms with Crippen molar-refractivity contribution in [3.8, 4) is 0 Å². The van der Waals surface area contributed by atoms with Gasteiger partial charge in [-0.2, -0.15) is 18.3 Å². The molecule has 2 aromatic heterocycles. The molecule has 1 N–H and O–H groups in total. The van der Waals surface area contributed by atoms with Crippen molar-refractivity contribution in [3.05, 3.63) is 64.2 Å². The van der Waals surface area contributed by atoms with E-state index in [2.05, 4.69) is 34.1 Å². The van der Waals surface area contributed by atoms with E-state index >= 15 is 0 Å². The number of hydrogen-bond donors (Lipinski definition) is 1. The van der Waals surface area contributed by atoms with E-state index in [4.69, 9.17) is 4.98 Å². The Morgan fingerprint density at radius 1 is 1.12 bits per heavy atom. The summed E-state index contributed by atoms with van der Waals surface area (Å²) in [5, 5.41) is 7.87. The van der Waals surface area contributed by atoms with Gasteiger partial charge in [-0.15, -0.1) is 0 Å². The van der Waals surface area contributed by atoms with Crippen LogP contribution in [0, 0.1) is 11.8 Å². The molecule has 1 aromatic carbocycles. The lowest BCUT2D eigenvalue weighted by Gasteiger charge is -2.45. The fraction of sp³-hybridized carbons (Fsp3) is 0.548. The van der Waals surface area contributed by atoms with Crippen LogP contribution in [0.25, 0.3) is 0 Å². The lowest BCUT2D eigenvalue weighted by atomic mass is 9.59. The predicted octanol–water partition coefficient (Wildman–Crippen LogP) is 5.77. The van der Waals surface area contributed by atoms with Crippen LogP contribution >= 0.6 is 0 Å². The summed E-state index contributed by atoms with van der Waals surface area (Å²) in [4.78, 5) is 26.7. The average Bonchev–Trinajstić information content (AvgIpc) is 3.49. The van der Waals surface area contributed by atoms with Gasteiger partial charge in [-0.3, -0.25) is 19.3 Å². The van der Waals surface area contributed by atoms with Gasteiger partial charge in [0.25, 0.3) is 5.91 Å². The second-order valence-electron chi connectivity index (χ2n) is 12.5. The van der Waals surface area contributed by atoms with Gasteiger partial charge >= 0.3 is 6.18 Å². The average molecular weight is 582 g/mol. The maximum atomic E-state index is 14.4. The van der Waals surface area contributed by atoms with E-state index in [1.807, 2.05) is 26.1 Å². The van der Waals surface area contributed by atoms with E-state index in [1.54, 1.807) is 17.1 Å². The topological polar surface area (TPSA) is 79.2 Å². The maximum Gasteiger partial charge on any atom is 0.416 e. The number of piperidine rings is 1. The standard InChI is InChI=1S/C31H38F3N7O/c1-5-35-26-11-22(30(13-20(3)14-30)29-36-18-39(4)38-29)12-27(37-26)41-17-24-23(28(41)42)9-21(10-25(24)31(32,33)34)16-40-8-6-7-19(2)15-40/h9-12,18-20H,5-8,13-17H2,1-4H3,(H,35,37)/t19-,20?,30?/m0/s1. The smallest absolute Gasteiger partial charge is 0.370 e. The number of rotatable bonds is 7. The summed E-state index contributed by atoms with van der Waals surface area (Å²) in [7, 11) is 1.83. The van der Waals surface area contributed by atoms with Crippen molar-refractivity contribution < 1.29 is 18.0 Å². The van der Waals surface area contributed by atoms with Gasteiger partial charge in [0, 0.05) is 32.2 Å².